The van der Waals surface area contributed by atoms with Crippen molar-refractivity contribution >= 4 is 11.9 Å². The third kappa shape index (κ3) is 8.57. The van der Waals surface area contributed by atoms with Crippen LogP contribution in [0.2, 0.25) is 0 Å². The Labute approximate surface area is 229 Å². The molecule has 1 aromatic heterocycles. The van der Waals surface area contributed by atoms with Crippen LogP contribution in [0.4, 0.5) is 14.7 Å². The summed E-state index contributed by atoms with van der Waals surface area (Å²) in [6.45, 7) is 6.11. The number of aromatic nitrogens is 2. The minimum Gasteiger partial charge on any atom is -0.493 e. The average molecular weight is 547 g/mol. The number of halogens is 2. The van der Waals surface area contributed by atoms with E-state index in [0.717, 1.165) is 50.3 Å². The number of carbonyl (C=O) groups excluding carboxylic acids is 1. The van der Waals surface area contributed by atoms with Gasteiger partial charge in [0.2, 0.25) is 11.9 Å². The van der Waals surface area contributed by atoms with Gasteiger partial charge in [0.05, 0.1) is 26.2 Å². The van der Waals surface area contributed by atoms with Gasteiger partial charge >= 0.3 is 0 Å². The Morgan fingerprint density at radius 1 is 1.10 bits per heavy atom. The number of amides is 1. The number of methoxy groups -OCH3 is 1. The van der Waals surface area contributed by atoms with Crippen LogP contribution < -0.4 is 15.0 Å². The van der Waals surface area contributed by atoms with Crippen molar-refractivity contribution in [3.8, 4) is 5.75 Å². The summed E-state index contributed by atoms with van der Waals surface area (Å²) in [6.07, 6.45) is 8.44. The van der Waals surface area contributed by atoms with Gasteiger partial charge in [-0.05, 0) is 49.9 Å². The van der Waals surface area contributed by atoms with E-state index < -0.39 is 17.5 Å². The van der Waals surface area contributed by atoms with Gasteiger partial charge in [-0.15, -0.1) is 0 Å². The van der Waals surface area contributed by atoms with Crippen molar-refractivity contribution in [3.63, 3.8) is 0 Å². The molecule has 2 aromatic rings. The molecule has 0 bridgehead atoms. The molecule has 214 valence electrons. The molecule has 0 spiro atoms. The van der Waals surface area contributed by atoms with E-state index in [-0.39, 0.29) is 17.7 Å². The molecule has 10 heteroatoms. The Kier molecular flexibility index (Phi) is 10.8. The van der Waals surface area contributed by atoms with Crippen molar-refractivity contribution in [2.24, 2.45) is 17.8 Å². The number of nitrogens with one attached hydrogen (secondary N) is 1. The maximum Gasteiger partial charge on any atom is 0.225 e. The van der Waals surface area contributed by atoms with Crippen LogP contribution in [0, 0.1) is 29.4 Å². The maximum absolute atomic E-state index is 14.5. The number of ether oxygens (including phenoxy) is 3. The summed E-state index contributed by atoms with van der Waals surface area (Å²) < 4.78 is 45.2. The maximum atomic E-state index is 14.5. The van der Waals surface area contributed by atoms with Gasteiger partial charge in [0.25, 0.3) is 0 Å². The normalized spacial score (nSPS) is 19.2. The monoisotopic (exact) mass is 546 g/mol. The second kappa shape index (κ2) is 14.5. The van der Waals surface area contributed by atoms with Crippen LogP contribution >= 0.6 is 0 Å². The fourth-order valence-corrected chi connectivity index (χ4v) is 5.35. The number of carbonyl (C=O) groups is 1. The SMILES string of the molecule is CCCOCCNC(=O)Cc1c(F)cc(OCCC2C[C@@H]2C2CCN(c3ncc(COC)cn3)CC2)cc1F. The van der Waals surface area contributed by atoms with E-state index in [1.165, 1.54) is 18.6 Å². The molecular formula is C29H40F2N4O4. The zero-order valence-corrected chi connectivity index (χ0v) is 23.0. The standard InChI is InChI=1S/C29H40F2N4O4/c1-3-10-38-12-7-32-28(36)16-25-26(30)14-23(15-27(25)31)39-11-6-22-13-24(22)21-4-8-35(9-5-21)29-33-17-20(18-34-29)19-37-2/h14-15,17-18,21-22,24H,3-13,16,19H2,1-2H3,(H,32,36)/t22?,24-/m1/s1. The van der Waals surface area contributed by atoms with Crippen LogP contribution in [-0.2, 0) is 27.3 Å². The molecule has 1 aliphatic heterocycles. The predicted molar refractivity (Wildman–Crippen MR) is 144 cm³/mol. The van der Waals surface area contributed by atoms with Crippen molar-refractivity contribution in [1.82, 2.24) is 15.3 Å². The number of benzene rings is 1. The first-order chi connectivity index (χ1) is 19.0. The summed E-state index contributed by atoms with van der Waals surface area (Å²) >= 11 is 0. The summed E-state index contributed by atoms with van der Waals surface area (Å²) in [7, 11) is 1.66. The molecule has 1 unspecified atom stereocenters. The van der Waals surface area contributed by atoms with E-state index in [1.807, 2.05) is 19.3 Å². The van der Waals surface area contributed by atoms with E-state index in [1.54, 1.807) is 7.11 Å². The van der Waals surface area contributed by atoms with Crippen molar-refractivity contribution in [1.29, 1.82) is 0 Å². The van der Waals surface area contributed by atoms with Crippen molar-refractivity contribution in [3.05, 3.63) is 47.3 Å². The quantitative estimate of drug-likeness (QED) is 0.333. The van der Waals surface area contributed by atoms with Crippen LogP contribution in [0.25, 0.3) is 0 Å². The molecule has 4 rings (SSSR count). The Morgan fingerprint density at radius 3 is 2.49 bits per heavy atom. The smallest absolute Gasteiger partial charge is 0.225 e. The molecule has 8 nitrogen and oxygen atoms in total. The van der Waals surface area contributed by atoms with Crippen LogP contribution in [0.3, 0.4) is 0 Å². The second-order valence-corrected chi connectivity index (χ2v) is 10.5. The summed E-state index contributed by atoms with van der Waals surface area (Å²) in [5.74, 6) is 0.901. The van der Waals surface area contributed by atoms with Crippen LogP contribution in [0.5, 0.6) is 5.75 Å². The number of piperidine rings is 1. The first-order valence-corrected chi connectivity index (χ1v) is 14.0. The first-order valence-electron chi connectivity index (χ1n) is 14.0. The molecule has 39 heavy (non-hydrogen) atoms. The van der Waals surface area contributed by atoms with E-state index in [4.69, 9.17) is 14.2 Å². The molecule has 2 fully saturated rings. The van der Waals surface area contributed by atoms with E-state index >= 15 is 0 Å². The van der Waals surface area contributed by atoms with Crippen LogP contribution in [0.1, 0.15) is 50.2 Å². The average Bonchev–Trinajstić information content (AvgIpc) is 3.71. The zero-order valence-electron chi connectivity index (χ0n) is 23.0. The van der Waals surface area contributed by atoms with Crippen molar-refractivity contribution < 1.29 is 27.8 Å². The first kappa shape index (κ1) is 29.1. The molecule has 1 saturated carbocycles. The molecule has 2 aliphatic rings. The summed E-state index contributed by atoms with van der Waals surface area (Å²) in [6, 6.07) is 2.33. The summed E-state index contributed by atoms with van der Waals surface area (Å²) in [4.78, 5) is 23.2. The molecule has 0 radical (unpaired) electrons. The number of anilines is 1. The highest BCUT2D eigenvalue weighted by Crippen LogP contribution is 2.49. The molecule has 1 saturated heterocycles. The van der Waals surface area contributed by atoms with Gasteiger partial charge in [0.1, 0.15) is 17.4 Å². The topological polar surface area (TPSA) is 85.8 Å². The third-order valence-corrected chi connectivity index (χ3v) is 7.53. The summed E-state index contributed by atoms with van der Waals surface area (Å²) in [5, 5.41) is 2.62. The number of nitrogens with zero attached hydrogens (tertiary/aromatic N) is 3. The molecule has 2 heterocycles. The highest BCUT2D eigenvalue weighted by atomic mass is 19.1. The van der Waals surface area contributed by atoms with Gasteiger partial charge in [0, 0.05) is 69.0 Å². The zero-order chi connectivity index (χ0) is 27.6. The van der Waals surface area contributed by atoms with E-state index in [2.05, 4.69) is 20.2 Å². The Balaban J connectivity index is 1.15. The lowest BCUT2D eigenvalue weighted by molar-refractivity contribution is -0.120. The molecule has 1 N–H and O–H groups in total. The Bertz CT molecular complexity index is 1040. The number of rotatable bonds is 15. The van der Waals surface area contributed by atoms with Gasteiger partial charge in [-0.2, -0.15) is 0 Å². The van der Waals surface area contributed by atoms with E-state index in [0.29, 0.717) is 50.7 Å². The van der Waals surface area contributed by atoms with Crippen LogP contribution in [0.15, 0.2) is 24.5 Å². The lowest BCUT2D eigenvalue weighted by atomic mass is 9.90. The second-order valence-electron chi connectivity index (χ2n) is 10.5. The van der Waals surface area contributed by atoms with Gasteiger partial charge in [0.15, 0.2) is 0 Å². The highest BCUT2D eigenvalue weighted by molar-refractivity contribution is 5.78. The van der Waals surface area contributed by atoms with Gasteiger partial charge < -0.3 is 24.4 Å². The Morgan fingerprint density at radius 2 is 1.82 bits per heavy atom. The molecular weight excluding hydrogens is 506 g/mol. The fraction of sp³-hybridized carbons (Fsp3) is 0.621. The third-order valence-electron chi connectivity index (χ3n) is 7.53. The molecule has 1 amide bonds. The molecule has 2 atom stereocenters. The predicted octanol–water partition coefficient (Wildman–Crippen LogP) is 4.31. The van der Waals surface area contributed by atoms with Gasteiger partial charge in [-0.3, -0.25) is 4.79 Å². The summed E-state index contributed by atoms with van der Waals surface area (Å²) in [5.41, 5.74) is 0.714. The lowest BCUT2D eigenvalue weighted by Crippen LogP contribution is -2.35. The molecule has 1 aromatic carbocycles. The number of hydrogen-bond acceptors (Lipinski definition) is 7. The molecule has 1 aliphatic carbocycles. The Hall–Kier alpha value is -2.85. The number of hydrogen-bond donors (Lipinski definition) is 1. The minimum absolute atomic E-state index is 0.157. The van der Waals surface area contributed by atoms with Gasteiger partial charge in [-0.1, -0.05) is 6.92 Å². The van der Waals surface area contributed by atoms with Gasteiger partial charge in [-0.25, -0.2) is 18.7 Å². The largest absolute Gasteiger partial charge is 0.493 e. The lowest BCUT2D eigenvalue weighted by Gasteiger charge is -2.32. The fourth-order valence-electron chi connectivity index (χ4n) is 5.35. The van der Waals surface area contributed by atoms with Crippen LogP contribution in [-0.4, -0.2) is 62.4 Å². The van der Waals surface area contributed by atoms with Crippen molar-refractivity contribution in [2.75, 3.05) is 51.5 Å². The minimum atomic E-state index is -0.768. The van der Waals surface area contributed by atoms with Crippen molar-refractivity contribution in [2.45, 2.75) is 52.1 Å². The van der Waals surface area contributed by atoms with E-state index in [9.17, 15) is 13.6 Å². The highest BCUT2D eigenvalue weighted by Gasteiger charge is 2.43.